The van der Waals surface area contributed by atoms with E-state index in [-0.39, 0.29) is 48.8 Å². The number of aryl methyl sites for hydroxylation is 1. The van der Waals surface area contributed by atoms with Crippen LogP contribution in [0, 0.1) is 18.7 Å². The molecule has 15 heteroatoms. The number of halogens is 1. The molecule has 13 nitrogen and oxygen atoms in total. The van der Waals surface area contributed by atoms with Crippen LogP contribution in [0.3, 0.4) is 0 Å². The normalized spacial score (nSPS) is 22.4. The second-order valence-corrected chi connectivity index (χ2v) is 15.6. The molecule has 1 aromatic heterocycles. The number of rotatable bonds is 9. The number of benzene rings is 2. The number of methoxy groups -OCH3 is 1. The van der Waals surface area contributed by atoms with Crippen molar-refractivity contribution in [2.45, 2.75) is 58.2 Å². The summed E-state index contributed by atoms with van der Waals surface area (Å²) in [6, 6.07) is 6.43. The molecule has 3 aliphatic heterocycles. The van der Waals surface area contributed by atoms with E-state index in [2.05, 4.69) is 21.6 Å². The van der Waals surface area contributed by atoms with Gasteiger partial charge in [0.05, 0.1) is 42.5 Å². The monoisotopic (exact) mass is 725 g/mol. The minimum absolute atomic E-state index is 0.0354. The molecular formula is C36H44FN5O8S. The number of hydrogen-bond acceptors (Lipinski definition) is 10. The minimum atomic E-state index is -4.16. The number of hydrogen-bond donors (Lipinski definition) is 1. The summed E-state index contributed by atoms with van der Waals surface area (Å²) < 4.78 is 62.3. The molecule has 274 valence electrons. The molecule has 0 radical (unpaired) electrons. The Labute approximate surface area is 296 Å². The number of likely N-dealkylation sites (N-methyl/N-ethyl adjacent to an activating group) is 1. The summed E-state index contributed by atoms with van der Waals surface area (Å²) in [4.78, 5) is 46.4. The van der Waals surface area contributed by atoms with Crippen LogP contribution in [-0.2, 0) is 27.9 Å². The molecule has 4 aliphatic rings. The van der Waals surface area contributed by atoms with Gasteiger partial charge in [-0.2, -0.15) is 12.7 Å². The van der Waals surface area contributed by atoms with E-state index in [1.54, 1.807) is 14.0 Å². The van der Waals surface area contributed by atoms with Gasteiger partial charge in [0.15, 0.2) is 11.6 Å². The number of piperidine rings is 1. The summed E-state index contributed by atoms with van der Waals surface area (Å²) in [6.45, 7) is 7.03. The number of carbonyl (C=O) groups is 2. The van der Waals surface area contributed by atoms with Gasteiger partial charge in [0.25, 0.3) is 11.8 Å². The third-order valence-corrected chi connectivity index (χ3v) is 12.5. The number of nitrogens with one attached hydrogen (secondary N) is 1. The van der Waals surface area contributed by atoms with E-state index in [1.165, 1.54) is 15.3 Å². The van der Waals surface area contributed by atoms with Gasteiger partial charge < -0.3 is 23.7 Å². The highest BCUT2D eigenvalue weighted by Gasteiger charge is 2.44. The van der Waals surface area contributed by atoms with Gasteiger partial charge in [0.2, 0.25) is 0 Å². The Morgan fingerprint density at radius 3 is 2.55 bits per heavy atom. The Balaban J connectivity index is 1.12. The van der Waals surface area contributed by atoms with Crippen molar-refractivity contribution < 1.29 is 36.3 Å². The fourth-order valence-corrected chi connectivity index (χ4v) is 9.72. The molecule has 3 atom stereocenters. The first kappa shape index (κ1) is 35.4. The van der Waals surface area contributed by atoms with E-state index in [0.717, 1.165) is 67.2 Å². The van der Waals surface area contributed by atoms with Gasteiger partial charge in [-0.1, -0.05) is 0 Å². The number of piperazine rings is 1. The van der Waals surface area contributed by atoms with Crippen LogP contribution in [-0.4, -0.2) is 107 Å². The third-order valence-electron chi connectivity index (χ3n) is 11.0. The lowest BCUT2D eigenvalue weighted by Crippen LogP contribution is -2.53. The van der Waals surface area contributed by atoms with Gasteiger partial charge in [-0.25, -0.2) is 13.9 Å². The van der Waals surface area contributed by atoms with Crippen LogP contribution in [0.1, 0.15) is 63.6 Å². The summed E-state index contributed by atoms with van der Waals surface area (Å²) in [5.74, 6) is -3.06. The average Bonchev–Trinajstić information content (AvgIpc) is 3.75. The first-order chi connectivity index (χ1) is 24.4. The molecule has 3 aromatic rings. The number of anilines is 1. The molecule has 4 heterocycles. The number of carbonyl (C=O) groups excluding carboxylic acids is 2. The van der Waals surface area contributed by atoms with E-state index in [4.69, 9.17) is 13.9 Å². The van der Waals surface area contributed by atoms with Crippen LogP contribution in [0.4, 0.5) is 10.1 Å². The molecule has 1 saturated carbocycles. The van der Waals surface area contributed by atoms with Crippen molar-refractivity contribution in [1.29, 1.82) is 0 Å². The maximum absolute atomic E-state index is 16.0. The third kappa shape index (κ3) is 6.38. The number of nitrogens with zero attached hydrogens (tertiary/aromatic N) is 4. The van der Waals surface area contributed by atoms with Crippen LogP contribution in [0.5, 0.6) is 5.75 Å². The van der Waals surface area contributed by atoms with E-state index in [1.807, 2.05) is 19.1 Å². The highest BCUT2D eigenvalue weighted by atomic mass is 32.2. The van der Waals surface area contributed by atoms with Crippen molar-refractivity contribution in [3.05, 3.63) is 68.3 Å². The molecular weight excluding hydrogens is 681 g/mol. The molecule has 51 heavy (non-hydrogen) atoms. The van der Waals surface area contributed by atoms with E-state index < -0.39 is 39.2 Å². The van der Waals surface area contributed by atoms with Gasteiger partial charge in [-0.05, 0) is 82.3 Å². The molecule has 1 N–H and O–H groups in total. The summed E-state index contributed by atoms with van der Waals surface area (Å²) in [7, 11) is -0.379. The van der Waals surface area contributed by atoms with Crippen LogP contribution in [0.25, 0.3) is 11.0 Å². The first-order valence-corrected chi connectivity index (χ1v) is 19.0. The fourth-order valence-electron chi connectivity index (χ4n) is 8.27. The molecule has 1 aliphatic carbocycles. The van der Waals surface area contributed by atoms with Crippen LogP contribution < -0.4 is 20.0 Å². The number of fused-ring (bicyclic) bond motifs is 5. The van der Waals surface area contributed by atoms with E-state index >= 15 is 4.39 Å². The maximum Gasteiger partial charge on any atom is 0.341 e. The van der Waals surface area contributed by atoms with Crippen molar-refractivity contribution in [2.75, 3.05) is 65.0 Å². The average molecular weight is 726 g/mol. The summed E-state index contributed by atoms with van der Waals surface area (Å²) >= 11 is 0. The minimum Gasteiger partial charge on any atom is -0.490 e. The molecule has 2 saturated heterocycles. The number of ether oxygens (including phenoxy) is 2. The topological polar surface area (TPSA) is 142 Å². The molecule has 3 fully saturated rings. The predicted molar refractivity (Wildman–Crippen MR) is 188 cm³/mol. The molecule has 2 amide bonds. The van der Waals surface area contributed by atoms with Crippen molar-refractivity contribution >= 4 is 38.7 Å². The summed E-state index contributed by atoms with van der Waals surface area (Å²) in [5.41, 5.74) is 2.24. The van der Waals surface area contributed by atoms with Crippen LogP contribution in [0.15, 0.2) is 33.5 Å². The maximum atomic E-state index is 16.0. The van der Waals surface area contributed by atoms with Crippen LogP contribution >= 0.6 is 0 Å². The number of amides is 2. The lowest BCUT2D eigenvalue weighted by Gasteiger charge is -2.41. The van der Waals surface area contributed by atoms with Crippen molar-refractivity contribution in [3.63, 3.8) is 0 Å². The standard InChI is InChI=1S/C36H44FN5O8S/c1-5-49-33-28(34(43)38-51(46,47)42-17-22-6-7-23(42)16-22)9-8-27(31(33)37)35(44)41-13-12-25-26-10-11-30(21(2)32(26)50-36(45)29(25)19-41)40-15-14-39(3)24(18-40)20-48-4/h8-11,22-24H,5-7,12-20H2,1-4H3,(H,38,43)/t22?,23?,24-/m1/s1. The Morgan fingerprint density at radius 1 is 1.06 bits per heavy atom. The largest absolute Gasteiger partial charge is 0.490 e. The van der Waals surface area contributed by atoms with Gasteiger partial charge in [-0.3, -0.25) is 14.5 Å². The van der Waals surface area contributed by atoms with Crippen molar-refractivity contribution in [1.82, 2.24) is 18.8 Å². The second-order valence-electron chi connectivity index (χ2n) is 14.0. The SMILES string of the molecule is CCOc1c(C(=O)NS(=O)(=O)N2CC3CCC2C3)ccc(C(=O)N2CCc3c(c(=O)oc4c(C)c(N5CCN(C)[C@@H](COC)C5)ccc34)C2)c1F. The van der Waals surface area contributed by atoms with Crippen molar-refractivity contribution in [2.24, 2.45) is 5.92 Å². The molecule has 0 spiro atoms. The highest BCUT2D eigenvalue weighted by Crippen LogP contribution is 2.39. The zero-order chi connectivity index (χ0) is 36.2. The second kappa shape index (κ2) is 13.8. The molecule has 7 rings (SSSR count). The Morgan fingerprint density at radius 2 is 1.84 bits per heavy atom. The predicted octanol–water partition coefficient (Wildman–Crippen LogP) is 3.06. The quantitative estimate of drug-likeness (QED) is 0.327. The Hall–Kier alpha value is -4.05. The smallest absolute Gasteiger partial charge is 0.341 e. The lowest BCUT2D eigenvalue weighted by molar-refractivity contribution is 0.0726. The van der Waals surface area contributed by atoms with E-state index in [0.29, 0.717) is 30.7 Å². The molecule has 2 aromatic carbocycles. The lowest BCUT2D eigenvalue weighted by atomic mass is 9.95. The zero-order valence-corrected chi connectivity index (χ0v) is 30.2. The van der Waals surface area contributed by atoms with Gasteiger partial charge in [0, 0.05) is 62.5 Å². The van der Waals surface area contributed by atoms with E-state index in [9.17, 15) is 22.8 Å². The Bertz CT molecular complexity index is 2060. The van der Waals surface area contributed by atoms with Crippen molar-refractivity contribution in [3.8, 4) is 5.75 Å². The summed E-state index contributed by atoms with van der Waals surface area (Å²) in [6.07, 6.45) is 2.81. The van der Waals surface area contributed by atoms with Crippen LogP contribution in [0.2, 0.25) is 0 Å². The molecule has 2 bridgehead atoms. The van der Waals surface area contributed by atoms with Gasteiger partial charge >= 0.3 is 15.8 Å². The first-order valence-electron chi connectivity index (χ1n) is 17.5. The van der Waals surface area contributed by atoms with Gasteiger partial charge in [-0.15, -0.1) is 0 Å². The fraction of sp³-hybridized carbons (Fsp3) is 0.528. The van der Waals surface area contributed by atoms with Gasteiger partial charge in [0.1, 0.15) is 5.58 Å². The highest BCUT2D eigenvalue weighted by molar-refractivity contribution is 7.87. The zero-order valence-electron chi connectivity index (χ0n) is 29.4. The summed E-state index contributed by atoms with van der Waals surface area (Å²) in [5, 5.41) is 0.803. The Kier molecular flexibility index (Phi) is 9.58. The molecule has 2 unspecified atom stereocenters.